The van der Waals surface area contributed by atoms with Crippen molar-refractivity contribution in [1.82, 2.24) is 0 Å². The van der Waals surface area contributed by atoms with Crippen LogP contribution in [-0.4, -0.2) is 19.4 Å². The predicted molar refractivity (Wildman–Crippen MR) is 100.0 cm³/mol. The number of cyclic esters (lactones) is 1. The summed E-state index contributed by atoms with van der Waals surface area (Å²) in [6.07, 6.45) is 0. The molecule has 3 aliphatic heterocycles. The van der Waals surface area contributed by atoms with Gasteiger partial charge in [-0.2, -0.15) is 0 Å². The average Bonchev–Trinajstić information content (AvgIpc) is 3.32. The fourth-order valence-electron chi connectivity index (χ4n) is 4.26. The van der Waals surface area contributed by atoms with Crippen LogP contribution in [0.25, 0.3) is 10.8 Å². The second-order valence-electron chi connectivity index (χ2n) is 6.89. The molecule has 0 bridgehead atoms. The summed E-state index contributed by atoms with van der Waals surface area (Å²) in [4.78, 5) is 12.6. The Morgan fingerprint density at radius 1 is 0.926 bits per heavy atom. The zero-order valence-electron chi connectivity index (χ0n) is 14.3. The number of nitrogens with one attached hydrogen (secondary N) is 1. The van der Waals surface area contributed by atoms with Crippen molar-refractivity contribution < 1.29 is 19.0 Å². The van der Waals surface area contributed by atoms with E-state index in [0.29, 0.717) is 11.3 Å². The lowest BCUT2D eigenvalue weighted by Crippen LogP contribution is -2.20. The average molecular weight is 357 g/mol. The summed E-state index contributed by atoms with van der Waals surface area (Å²) < 4.78 is 16.4. The van der Waals surface area contributed by atoms with Crippen LogP contribution in [0.5, 0.6) is 11.5 Å². The highest BCUT2D eigenvalue weighted by molar-refractivity contribution is 6.01. The van der Waals surface area contributed by atoms with Crippen LogP contribution >= 0.6 is 0 Å². The van der Waals surface area contributed by atoms with Gasteiger partial charge >= 0.3 is 5.97 Å². The highest BCUT2D eigenvalue weighted by atomic mass is 16.7. The summed E-state index contributed by atoms with van der Waals surface area (Å²) in [7, 11) is 0. The second kappa shape index (κ2) is 5.27. The van der Waals surface area contributed by atoms with Crippen LogP contribution < -0.4 is 14.8 Å². The lowest BCUT2D eigenvalue weighted by molar-refractivity contribution is -0.136. The molecule has 3 heterocycles. The maximum absolute atomic E-state index is 12.6. The van der Waals surface area contributed by atoms with Gasteiger partial charge in [-0.1, -0.05) is 36.4 Å². The van der Waals surface area contributed by atoms with Crippen LogP contribution in [0, 0.1) is 0 Å². The molecule has 27 heavy (non-hydrogen) atoms. The van der Waals surface area contributed by atoms with Crippen LogP contribution in [0.15, 0.2) is 65.9 Å². The fourth-order valence-corrected chi connectivity index (χ4v) is 4.26. The summed E-state index contributed by atoms with van der Waals surface area (Å²) in [5, 5.41) is 5.67. The maximum Gasteiger partial charge on any atom is 0.337 e. The lowest BCUT2D eigenvalue weighted by atomic mass is 9.79. The molecule has 0 fully saturated rings. The molecule has 5 heteroatoms. The first kappa shape index (κ1) is 14.7. The van der Waals surface area contributed by atoms with E-state index < -0.39 is 0 Å². The van der Waals surface area contributed by atoms with Crippen molar-refractivity contribution >= 4 is 22.4 Å². The Hall–Kier alpha value is -3.47. The highest BCUT2D eigenvalue weighted by Crippen LogP contribution is 2.48. The second-order valence-corrected chi connectivity index (χ2v) is 6.89. The van der Waals surface area contributed by atoms with Gasteiger partial charge in [0, 0.05) is 11.6 Å². The monoisotopic (exact) mass is 357 g/mol. The minimum atomic E-state index is -0.265. The van der Waals surface area contributed by atoms with E-state index in [9.17, 15) is 4.79 Å². The van der Waals surface area contributed by atoms with Crippen LogP contribution in [0.3, 0.4) is 0 Å². The van der Waals surface area contributed by atoms with Gasteiger partial charge in [0.1, 0.15) is 6.61 Å². The molecule has 5 nitrogen and oxygen atoms in total. The van der Waals surface area contributed by atoms with Crippen molar-refractivity contribution in [2.75, 3.05) is 18.7 Å². The number of benzene rings is 3. The first-order valence-corrected chi connectivity index (χ1v) is 8.88. The number of anilines is 1. The Bertz CT molecular complexity index is 1160. The van der Waals surface area contributed by atoms with Gasteiger partial charge in [0.05, 0.1) is 11.3 Å². The summed E-state index contributed by atoms with van der Waals surface area (Å²) >= 11 is 0. The zero-order valence-corrected chi connectivity index (χ0v) is 14.3. The molecule has 0 saturated carbocycles. The third-order valence-corrected chi connectivity index (χ3v) is 5.46. The molecule has 1 N–H and O–H groups in total. The summed E-state index contributed by atoms with van der Waals surface area (Å²) in [5.74, 6) is 0.959. The van der Waals surface area contributed by atoms with Gasteiger partial charge in [0.15, 0.2) is 11.5 Å². The van der Waals surface area contributed by atoms with Crippen LogP contribution in [-0.2, 0) is 9.53 Å². The Morgan fingerprint density at radius 2 is 1.81 bits per heavy atom. The van der Waals surface area contributed by atoms with Gasteiger partial charge in [-0.3, -0.25) is 0 Å². The van der Waals surface area contributed by atoms with E-state index in [1.807, 2.05) is 30.3 Å². The quantitative estimate of drug-likeness (QED) is 0.669. The van der Waals surface area contributed by atoms with E-state index in [-0.39, 0.29) is 25.3 Å². The molecule has 0 amide bonds. The molecule has 1 atom stereocenters. The standard InChI is InChI=1S/C22H15NO4/c24-22-21-16(10-25-22)23-15-7-5-12-3-1-2-4-14(12)20(15)19(21)13-6-8-17-18(9-13)27-11-26-17/h1-9,19,23H,10-11H2/t19-/m1/s1. The summed E-state index contributed by atoms with van der Waals surface area (Å²) in [5.41, 5.74) is 4.60. The molecule has 6 rings (SSSR count). The maximum atomic E-state index is 12.6. The molecule has 0 aliphatic carbocycles. The van der Waals surface area contributed by atoms with Gasteiger partial charge in [0.2, 0.25) is 6.79 Å². The number of ether oxygens (including phenoxy) is 3. The molecule has 132 valence electrons. The van der Waals surface area contributed by atoms with E-state index in [2.05, 4.69) is 29.6 Å². The number of hydrogen-bond donors (Lipinski definition) is 1. The molecule has 0 saturated heterocycles. The third kappa shape index (κ3) is 2.02. The minimum Gasteiger partial charge on any atom is -0.456 e. The molecule has 0 radical (unpaired) electrons. The van der Waals surface area contributed by atoms with E-state index >= 15 is 0 Å². The largest absolute Gasteiger partial charge is 0.456 e. The molecular weight excluding hydrogens is 342 g/mol. The number of carbonyl (C=O) groups excluding carboxylic acids is 1. The van der Waals surface area contributed by atoms with Crippen LogP contribution in [0.1, 0.15) is 17.0 Å². The van der Waals surface area contributed by atoms with Gasteiger partial charge in [0.25, 0.3) is 0 Å². The number of hydrogen-bond acceptors (Lipinski definition) is 5. The molecule has 3 aromatic rings. The third-order valence-electron chi connectivity index (χ3n) is 5.46. The molecule has 0 spiro atoms. The van der Waals surface area contributed by atoms with Gasteiger partial charge in [-0.15, -0.1) is 0 Å². The SMILES string of the molecule is O=C1OCC2=C1[C@H](c1ccc3c(c1)OCO3)c1c(ccc3ccccc13)N2. The zero-order chi connectivity index (χ0) is 18.0. The van der Waals surface area contributed by atoms with Crippen LogP contribution in [0.2, 0.25) is 0 Å². The van der Waals surface area contributed by atoms with Crippen molar-refractivity contribution in [2.24, 2.45) is 0 Å². The van der Waals surface area contributed by atoms with Gasteiger partial charge < -0.3 is 19.5 Å². The molecule has 3 aliphatic rings. The predicted octanol–water partition coefficient (Wildman–Crippen LogP) is 3.94. The Labute approximate surface area is 155 Å². The number of esters is 1. The van der Waals surface area contributed by atoms with Gasteiger partial charge in [-0.25, -0.2) is 4.79 Å². The smallest absolute Gasteiger partial charge is 0.337 e. The van der Waals surface area contributed by atoms with E-state index in [1.54, 1.807) is 0 Å². The van der Waals surface area contributed by atoms with Crippen LogP contribution in [0.4, 0.5) is 5.69 Å². The van der Waals surface area contributed by atoms with Gasteiger partial charge in [-0.05, 0) is 40.1 Å². The lowest BCUT2D eigenvalue weighted by Gasteiger charge is -2.28. The summed E-state index contributed by atoms with van der Waals surface area (Å²) in [6, 6.07) is 18.3. The normalized spacial score (nSPS) is 19.6. The van der Waals surface area contributed by atoms with E-state index in [0.717, 1.165) is 39.0 Å². The minimum absolute atomic E-state index is 0.216. The topological polar surface area (TPSA) is 56.8 Å². The number of carbonyl (C=O) groups is 1. The number of rotatable bonds is 1. The van der Waals surface area contributed by atoms with Crippen molar-refractivity contribution in [2.45, 2.75) is 5.92 Å². The first-order valence-electron chi connectivity index (χ1n) is 8.88. The van der Waals surface area contributed by atoms with Crippen molar-refractivity contribution in [1.29, 1.82) is 0 Å². The summed E-state index contributed by atoms with van der Waals surface area (Å²) in [6.45, 7) is 0.502. The Morgan fingerprint density at radius 3 is 2.78 bits per heavy atom. The number of fused-ring (bicyclic) bond motifs is 4. The Kier molecular flexibility index (Phi) is 2.86. The molecular formula is C22H15NO4. The van der Waals surface area contributed by atoms with E-state index in [1.165, 1.54) is 0 Å². The highest BCUT2D eigenvalue weighted by Gasteiger charge is 2.39. The molecule has 3 aromatic carbocycles. The first-order chi connectivity index (χ1) is 13.3. The molecule has 0 unspecified atom stereocenters. The van der Waals surface area contributed by atoms with Crippen molar-refractivity contribution in [3.8, 4) is 11.5 Å². The van der Waals surface area contributed by atoms with Crippen molar-refractivity contribution in [3.05, 3.63) is 77.0 Å². The Balaban J connectivity index is 1.65. The van der Waals surface area contributed by atoms with E-state index in [4.69, 9.17) is 14.2 Å². The molecule has 0 aromatic heterocycles. The van der Waals surface area contributed by atoms with Crippen molar-refractivity contribution in [3.63, 3.8) is 0 Å². The fraction of sp³-hybridized carbons (Fsp3) is 0.136.